The zero-order valence-electron chi connectivity index (χ0n) is 26.0. The highest BCUT2D eigenvalue weighted by atomic mass is 32.1. The Hall–Kier alpha value is -3.75. The Morgan fingerprint density at radius 1 is 1.26 bits per heavy atom. The van der Waals surface area contributed by atoms with Gasteiger partial charge in [0.15, 0.2) is 0 Å². The Labute approximate surface area is 268 Å². The molecule has 1 aliphatic heterocycles. The maximum absolute atomic E-state index is 14.1. The second-order valence-corrected chi connectivity index (χ2v) is 14.8. The molecule has 46 heavy (non-hydrogen) atoms. The van der Waals surface area contributed by atoms with Gasteiger partial charge in [-0.2, -0.15) is 28.6 Å². The van der Waals surface area contributed by atoms with E-state index in [1.54, 1.807) is 6.20 Å². The lowest BCUT2D eigenvalue weighted by Gasteiger charge is -2.44. The summed E-state index contributed by atoms with van der Waals surface area (Å²) >= 11 is 1.43. The molecule has 6 atom stereocenters. The molecule has 4 aliphatic rings. The van der Waals surface area contributed by atoms with Gasteiger partial charge in [0.05, 0.1) is 34.4 Å². The smallest absolute Gasteiger partial charge is 0.370 e. The van der Waals surface area contributed by atoms with Gasteiger partial charge >= 0.3 is 12.1 Å². The first kappa shape index (κ1) is 32.2. The monoisotopic (exact) mass is 656 g/mol. The van der Waals surface area contributed by atoms with Crippen molar-refractivity contribution in [3.8, 4) is 18.4 Å². The molecule has 3 unspecified atom stereocenters. The van der Waals surface area contributed by atoms with E-state index in [1.165, 1.54) is 23.2 Å². The van der Waals surface area contributed by atoms with Crippen LogP contribution in [0, 0.1) is 39.9 Å². The number of nitrogens with zero attached hydrogens (tertiary/aromatic N) is 4. The number of nitrogens with one attached hydrogen (secondary N) is 2. The summed E-state index contributed by atoms with van der Waals surface area (Å²) in [4.78, 5) is 41.5. The number of likely N-dealkylation sites (tertiary alicyclic amines) is 1. The third kappa shape index (κ3) is 4.67. The number of halogens is 3. The van der Waals surface area contributed by atoms with Gasteiger partial charge in [0.1, 0.15) is 18.1 Å². The van der Waals surface area contributed by atoms with Crippen LogP contribution in [0.25, 0.3) is 10.1 Å². The van der Waals surface area contributed by atoms with Gasteiger partial charge < -0.3 is 20.3 Å². The van der Waals surface area contributed by atoms with E-state index >= 15 is 0 Å². The number of piperidine rings is 2. The van der Waals surface area contributed by atoms with Crippen LogP contribution in [0.2, 0.25) is 0 Å². The van der Waals surface area contributed by atoms with Crippen molar-refractivity contribution < 1.29 is 32.3 Å². The van der Waals surface area contributed by atoms with Crippen LogP contribution in [0.15, 0.2) is 11.6 Å². The maximum atomic E-state index is 14.1. The van der Waals surface area contributed by atoms with Crippen LogP contribution in [-0.2, 0) is 25.5 Å². The van der Waals surface area contributed by atoms with Crippen LogP contribution in [0.3, 0.4) is 0 Å². The molecular formula is C32H35F3N6O4S. The SMILES string of the molecule is C#Cc1csc2cnnc(CCC(C#N)NC(=O)[C@H]3N(C(=O)[C@@H](NC(=O)C(F)(F)F)[C@@H](C)OC4(C)CCC4)CC45CC34C5(C)C)c12. The van der Waals surface area contributed by atoms with Crippen LogP contribution in [0.4, 0.5) is 13.2 Å². The quantitative estimate of drug-likeness (QED) is 0.373. The van der Waals surface area contributed by atoms with Crippen LogP contribution >= 0.6 is 11.3 Å². The molecule has 2 aromatic heterocycles. The standard InChI is InChI=1S/C32H35F3N6O4S/c1-6-18-14-46-21-13-37-40-20(22(18)21)9-8-19(12-36)38-25(42)24-31-15-30(31,28(31,3)4)16-41(24)26(43)23(39-27(44)32(33,34)35)17(2)45-29(5)10-7-11-29/h1,13-14,17,19,23-24H,7-11,15-16H2,2-5H3,(H,38,42)(H,39,44)/t17-,19?,23+,24-,30?,31?/m1/s1. The van der Waals surface area contributed by atoms with Crippen molar-refractivity contribution >= 4 is 39.1 Å². The van der Waals surface area contributed by atoms with Gasteiger partial charge in [-0.25, -0.2) is 0 Å². The first-order valence-electron chi connectivity index (χ1n) is 15.3. The van der Waals surface area contributed by atoms with E-state index in [0.717, 1.165) is 16.5 Å². The van der Waals surface area contributed by atoms with E-state index in [-0.39, 0.29) is 23.8 Å². The molecule has 3 heterocycles. The Morgan fingerprint density at radius 3 is 2.57 bits per heavy atom. The number of carbonyl (C=O) groups is 3. The van der Waals surface area contributed by atoms with Crippen LogP contribution < -0.4 is 10.6 Å². The van der Waals surface area contributed by atoms with Gasteiger partial charge in [-0.1, -0.05) is 19.8 Å². The summed E-state index contributed by atoms with van der Waals surface area (Å²) in [5, 5.41) is 25.5. The van der Waals surface area contributed by atoms with Crippen molar-refractivity contribution in [2.24, 2.45) is 16.2 Å². The Bertz CT molecular complexity index is 1710. The summed E-state index contributed by atoms with van der Waals surface area (Å²) in [5.74, 6) is -1.00. The van der Waals surface area contributed by atoms with E-state index < -0.39 is 59.1 Å². The third-order valence-corrected chi connectivity index (χ3v) is 12.1. The van der Waals surface area contributed by atoms with Crippen molar-refractivity contribution in [1.29, 1.82) is 5.26 Å². The molecule has 4 fully saturated rings. The Morgan fingerprint density at radius 2 is 1.98 bits per heavy atom. The maximum Gasteiger partial charge on any atom is 0.471 e. The van der Waals surface area contributed by atoms with E-state index in [1.807, 2.05) is 31.5 Å². The number of aryl methyl sites for hydroxylation is 1. The molecule has 10 nitrogen and oxygen atoms in total. The second kappa shape index (κ2) is 10.6. The summed E-state index contributed by atoms with van der Waals surface area (Å²) in [6.45, 7) is 7.45. The molecule has 3 saturated carbocycles. The first-order chi connectivity index (χ1) is 21.6. The molecule has 2 aromatic rings. The van der Waals surface area contributed by atoms with E-state index in [0.29, 0.717) is 36.9 Å². The number of nitriles is 1. The van der Waals surface area contributed by atoms with Crippen molar-refractivity contribution in [3.63, 3.8) is 0 Å². The minimum absolute atomic E-state index is 0.154. The Kier molecular flexibility index (Phi) is 7.45. The molecule has 3 amide bonds. The van der Waals surface area contributed by atoms with Gasteiger partial charge in [-0.15, -0.1) is 17.8 Å². The molecule has 6 rings (SSSR count). The normalized spacial score (nSPS) is 28.4. The summed E-state index contributed by atoms with van der Waals surface area (Å²) in [6, 6.07) is -1.54. The summed E-state index contributed by atoms with van der Waals surface area (Å²) < 4.78 is 47.0. The number of hydrogen-bond acceptors (Lipinski definition) is 8. The van der Waals surface area contributed by atoms with Gasteiger partial charge in [0, 0.05) is 33.7 Å². The fourth-order valence-electron chi connectivity index (χ4n) is 8.32. The van der Waals surface area contributed by atoms with Crippen LogP contribution in [0.1, 0.15) is 71.1 Å². The minimum atomic E-state index is -5.22. The Balaban J connectivity index is 1.22. The third-order valence-electron chi connectivity index (χ3n) is 11.2. The van der Waals surface area contributed by atoms with Crippen molar-refractivity contribution in [2.75, 3.05) is 6.54 Å². The van der Waals surface area contributed by atoms with Gasteiger partial charge in [0.2, 0.25) is 11.8 Å². The molecule has 244 valence electrons. The second-order valence-electron chi connectivity index (χ2n) is 13.9. The number of thiophene rings is 1. The van der Waals surface area contributed by atoms with Gasteiger partial charge in [-0.3, -0.25) is 14.4 Å². The predicted molar refractivity (Wildman–Crippen MR) is 161 cm³/mol. The number of alkyl halides is 3. The molecule has 3 aliphatic carbocycles. The lowest BCUT2D eigenvalue weighted by molar-refractivity contribution is -0.180. The summed E-state index contributed by atoms with van der Waals surface area (Å²) in [7, 11) is 0. The average Bonchev–Trinajstić information content (AvgIpc) is 3.53. The topological polar surface area (TPSA) is 137 Å². The van der Waals surface area contributed by atoms with Crippen molar-refractivity contribution in [3.05, 3.63) is 22.8 Å². The highest BCUT2D eigenvalue weighted by Crippen LogP contribution is 3.00. The molecule has 0 spiro atoms. The van der Waals surface area contributed by atoms with Crippen LogP contribution in [0.5, 0.6) is 0 Å². The first-order valence-corrected chi connectivity index (χ1v) is 16.2. The number of rotatable bonds is 10. The van der Waals surface area contributed by atoms with E-state index in [9.17, 15) is 32.8 Å². The number of terminal acetylenes is 1. The molecule has 0 radical (unpaired) electrons. The predicted octanol–water partition coefficient (Wildman–Crippen LogP) is 3.64. The van der Waals surface area contributed by atoms with Gasteiger partial charge in [0.25, 0.3) is 0 Å². The number of carbonyl (C=O) groups excluding carboxylic acids is 3. The fraction of sp³-hybridized carbons (Fsp3) is 0.625. The number of amides is 3. The molecule has 1 saturated heterocycles. The highest BCUT2D eigenvalue weighted by Gasteiger charge is 3.02. The van der Waals surface area contributed by atoms with Crippen molar-refractivity contribution in [1.82, 2.24) is 25.7 Å². The fourth-order valence-corrected chi connectivity index (χ4v) is 9.20. The summed E-state index contributed by atoms with van der Waals surface area (Å²) in [5.41, 5.74) is -0.580. The number of fused-ring (bicyclic) bond motifs is 1. The summed E-state index contributed by atoms with van der Waals surface area (Å²) in [6.07, 6.45) is 4.33. The molecule has 2 N–H and O–H groups in total. The molecule has 0 aromatic carbocycles. The zero-order chi connectivity index (χ0) is 33.4. The molecule has 0 bridgehead atoms. The van der Waals surface area contributed by atoms with E-state index in [4.69, 9.17) is 11.2 Å². The number of ether oxygens (including phenoxy) is 1. The largest absolute Gasteiger partial charge is 0.471 e. The highest BCUT2D eigenvalue weighted by molar-refractivity contribution is 7.17. The van der Waals surface area contributed by atoms with E-state index in [2.05, 4.69) is 27.5 Å². The lowest BCUT2D eigenvalue weighted by Crippen LogP contribution is -2.63. The molecule has 14 heteroatoms. The minimum Gasteiger partial charge on any atom is -0.370 e. The van der Waals surface area contributed by atoms with Crippen LogP contribution in [-0.4, -0.2) is 75.4 Å². The number of aromatic nitrogens is 2. The van der Waals surface area contributed by atoms with Crippen molar-refractivity contribution in [2.45, 2.75) is 102 Å². The van der Waals surface area contributed by atoms with Gasteiger partial charge in [-0.05, 0) is 57.8 Å². The number of hydrogen-bond donors (Lipinski definition) is 2. The zero-order valence-corrected chi connectivity index (χ0v) is 26.8. The average molecular weight is 657 g/mol. The molecular weight excluding hydrogens is 621 g/mol. The lowest BCUT2D eigenvalue weighted by atomic mass is 9.80.